The second kappa shape index (κ2) is 12.9. The van der Waals surface area contributed by atoms with Crippen molar-refractivity contribution >= 4 is 35.7 Å². The molecule has 0 bridgehead atoms. The van der Waals surface area contributed by atoms with E-state index in [2.05, 4.69) is 40.7 Å². The fourth-order valence-electron chi connectivity index (χ4n) is 7.45. The van der Waals surface area contributed by atoms with Crippen molar-refractivity contribution < 1.29 is 33.1 Å². The van der Waals surface area contributed by atoms with E-state index in [9.17, 15) is 9.59 Å². The molecule has 3 atom stereocenters. The van der Waals surface area contributed by atoms with Crippen LogP contribution in [0.3, 0.4) is 0 Å². The second-order valence-electron chi connectivity index (χ2n) is 15.8. The minimum atomic E-state index is -0.558. The zero-order valence-electron chi connectivity index (χ0n) is 29.6. The fourth-order valence-corrected chi connectivity index (χ4v) is 7.45. The fraction of sp³-hybridized carbons (Fsp3) is 0.743. The van der Waals surface area contributed by atoms with E-state index >= 15 is 0 Å². The summed E-state index contributed by atoms with van der Waals surface area (Å²) in [5, 5.41) is 5.81. The Bertz CT molecular complexity index is 1460. The number of fused-ring (bicyclic) bond motifs is 2. The molecule has 4 aliphatic rings. The molecule has 11 nitrogen and oxygen atoms in total. The number of carbonyl (C=O) groups is 2. The third-order valence-electron chi connectivity index (χ3n) is 10.7. The molecule has 47 heavy (non-hydrogen) atoms. The Kier molecular flexibility index (Phi) is 9.34. The minimum Gasteiger partial charge on any atom is -0.449 e. The van der Waals surface area contributed by atoms with Crippen molar-refractivity contribution in [3.8, 4) is 0 Å². The van der Waals surface area contributed by atoms with Gasteiger partial charge in [-0.15, -0.1) is 0 Å². The van der Waals surface area contributed by atoms with Crippen LogP contribution >= 0.6 is 0 Å². The van der Waals surface area contributed by atoms with Gasteiger partial charge in [-0.25, -0.2) is 14.3 Å². The predicted octanol–water partition coefficient (Wildman–Crippen LogP) is 5.74. The van der Waals surface area contributed by atoms with Crippen LogP contribution < -0.4 is 5.46 Å². The molecule has 1 unspecified atom stereocenters. The monoisotopic (exact) mass is 652 g/mol. The summed E-state index contributed by atoms with van der Waals surface area (Å²) in [6, 6.07) is 2.15. The highest BCUT2D eigenvalue weighted by molar-refractivity contribution is 6.65. The van der Waals surface area contributed by atoms with Gasteiger partial charge < -0.3 is 33.3 Å². The maximum absolute atomic E-state index is 13.3. The highest BCUT2D eigenvalue weighted by Crippen LogP contribution is 2.38. The molecule has 0 spiro atoms. The molecule has 5 heterocycles. The molecule has 0 N–H and O–H groups in total. The molecule has 0 radical (unpaired) electrons. The lowest BCUT2D eigenvalue weighted by Crippen LogP contribution is -2.52. The molecule has 12 heteroatoms. The number of piperidine rings is 1. The number of aromatic nitrogens is 2. The molecule has 1 aromatic carbocycles. The summed E-state index contributed by atoms with van der Waals surface area (Å²) in [4.78, 5) is 29.6. The van der Waals surface area contributed by atoms with E-state index in [1.807, 2.05) is 36.5 Å². The van der Waals surface area contributed by atoms with E-state index < -0.39 is 23.9 Å². The average molecular weight is 653 g/mol. The Morgan fingerprint density at radius 1 is 1.04 bits per heavy atom. The molecule has 4 saturated heterocycles. The molecule has 258 valence electrons. The zero-order chi connectivity index (χ0) is 33.7. The zero-order valence-corrected chi connectivity index (χ0v) is 29.6. The summed E-state index contributed by atoms with van der Waals surface area (Å²) >= 11 is 0. The van der Waals surface area contributed by atoms with Gasteiger partial charge in [0, 0.05) is 31.6 Å². The number of amides is 2. The highest BCUT2D eigenvalue weighted by Gasteiger charge is 2.53. The van der Waals surface area contributed by atoms with Crippen molar-refractivity contribution in [1.29, 1.82) is 0 Å². The lowest BCUT2D eigenvalue weighted by atomic mass is 9.72. The van der Waals surface area contributed by atoms with E-state index in [1.54, 1.807) is 4.90 Å². The van der Waals surface area contributed by atoms with E-state index in [-0.39, 0.29) is 31.1 Å². The summed E-state index contributed by atoms with van der Waals surface area (Å²) in [6.07, 6.45) is 7.47. The van der Waals surface area contributed by atoms with Crippen LogP contribution in [0.25, 0.3) is 10.9 Å². The summed E-state index contributed by atoms with van der Waals surface area (Å²) in [5.74, 6) is 0.373. The molecule has 2 amide bonds. The van der Waals surface area contributed by atoms with Gasteiger partial charge in [0.1, 0.15) is 5.60 Å². The van der Waals surface area contributed by atoms with E-state index in [0.29, 0.717) is 38.4 Å². The Labute approximate surface area is 279 Å². The molecular weight excluding hydrogens is 599 g/mol. The van der Waals surface area contributed by atoms with Crippen LogP contribution in [0.2, 0.25) is 0 Å². The number of ether oxygens (including phenoxy) is 3. The number of likely N-dealkylation sites (tertiary alicyclic amines) is 2. The van der Waals surface area contributed by atoms with Gasteiger partial charge in [-0.3, -0.25) is 0 Å². The normalized spacial score (nSPS) is 25.7. The minimum absolute atomic E-state index is 0.0481. The lowest BCUT2D eigenvalue weighted by molar-refractivity contribution is -0.0366. The van der Waals surface area contributed by atoms with Crippen LogP contribution in [-0.4, -0.2) is 94.6 Å². The second-order valence-corrected chi connectivity index (χ2v) is 15.8. The molecular formula is C35H53BN4O7. The number of nitrogens with zero attached hydrogens (tertiary/aromatic N) is 4. The largest absolute Gasteiger partial charge is 0.495 e. The molecule has 6 rings (SSSR count). The Morgan fingerprint density at radius 2 is 1.77 bits per heavy atom. The van der Waals surface area contributed by atoms with E-state index in [4.69, 9.17) is 28.6 Å². The molecule has 0 aliphatic carbocycles. The lowest BCUT2D eigenvalue weighted by Gasteiger charge is -2.38. The first-order valence-corrected chi connectivity index (χ1v) is 17.5. The van der Waals surface area contributed by atoms with Gasteiger partial charge in [-0.1, -0.05) is 0 Å². The quantitative estimate of drug-likeness (QED) is 0.288. The molecule has 4 fully saturated rings. The van der Waals surface area contributed by atoms with Crippen LogP contribution in [-0.2, 0) is 29.9 Å². The molecule has 2 aromatic rings. The standard InChI is InChI=1S/C35H53BN4O7/c1-23-20-27-26(21-37-40(27)29-13-9-10-18-43-29)30(36-46-34(5,6)35(7,8)47-36)25(23)12-11-19-44-32(42)39-17-15-24-14-16-38(22-28(24)39)31(41)45-33(2,3)4/h20-21,24,28-29H,9-19,22H2,1-8H3/t24-,28-,29?/m0/s1. The first-order chi connectivity index (χ1) is 22.1. The maximum atomic E-state index is 13.3. The van der Waals surface area contributed by atoms with E-state index in [1.165, 1.54) is 0 Å². The third kappa shape index (κ3) is 6.88. The Balaban J connectivity index is 1.15. The van der Waals surface area contributed by atoms with E-state index in [0.717, 1.165) is 66.2 Å². The summed E-state index contributed by atoms with van der Waals surface area (Å²) in [5.41, 5.74) is 2.74. The predicted molar refractivity (Wildman–Crippen MR) is 180 cm³/mol. The van der Waals surface area contributed by atoms with Gasteiger partial charge in [0.15, 0.2) is 6.23 Å². The van der Waals surface area contributed by atoms with Gasteiger partial charge >= 0.3 is 19.3 Å². The van der Waals surface area contributed by atoms with Gasteiger partial charge in [0.25, 0.3) is 0 Å². The number of aryl methyl sites for hydroxylation is 1. The highest BCUT2D eigenvalue weighted by atomic mass is 16.7. The topological polar surface area (TPSA) is 105 Å². The van der Waals surface area contributed by atoms with Gasteiger partial charge in [-0.05, 0) is 129 Å². The van der Waals surface area contributed by atoms with Crippen LogP contribution in [0.15, 0.2) is 12.3 Å². The van der Waals surface area contributed by atoms with Crippen molar-refractivity contribution in [1.82, 2.24) is 19.6 Å². The molecule has 4 aliphatic heterocycles. The van der Waals surface area contributed by atoms with Crippen LogP contribution in [0, 0.1) is 12.8 Å². The molecule has 1 aromatic heterocycles. The first kappa shape index (κ1) is 34.1. The van der Waals surface area contributed by atoms with Crippen molar-refractivity contribution in [3.05, 3.63) is 23.4 Å². The number of carbonyl (C=O) groups excluding carboxylic acids is 2. The Hall–Kier alpha value is -2.83. The number of hydrogen-bond acceptors (Lipinski definition) is 8. The number of benzene rings is 1. The van der Waals surface area contributed by atoms with Crippen LogP contribution in [0.4, 0.5) is 9.59 Å². The SMILES string of the molecule is Cc1cc2c(cnn2C2CCCCO2)c(B2OC(C)(C)C(C)(C)O2)c1CCCOC(=O)N1CC[C@@H]2CCN(C(=O)OC(C)(C)C)C[C@@H]21. The molecule has 0 saturated carbocycles. The van der Waals surface area contributed by atoms with Gasteiger partial charge in [-0.2, -0.15) is 5.10 Å². The number of rotatable bonds is 6. The smallest absolute Gasteiger partial charge is 0.449 e. The van der Waals surface area contributed by atoms with Crippen molar-refractivity contribution in [3.63, 3.8) is 0 Å². The first-order valence-electron chi connectivity index (χ1n) is 17.5. The van der Waals surface area contributed by atoms with Gasteiger partial charge in [0.2, 0.25) is 0 Å². The van der Waals surface area contributed by atoms with Crippen molar-refractivity contribution in [2.45, 2.75) is 129 Å². The number of hydrogen-bond donors (Lipinski definition) is 0. The van der Waals surface area contributed by atoms with Crippen molar-refractivity contribution in [2.75, 3.05) is 32.8 Å². The summed E-state index contributed by atoms with van der Waals surface area (Å²) < 4.78 is 32.8. The Morgan fingerprint density at radius 3 is 2.45 bits per heavy atom. The maximum Gasteiger partial charge on any atom is 0.495 e. The average Bonchev–Trinajstić information content (AvgIpc) is 3.67. The van der Waals surface area contributed by atoms with Crippen LogP contribution in [0.1, 0.15) is 104 Å². The van der Waals surface area contributed by atoms with Crippen LogP contribution in [0.5, 0.6) is 0 Å². The third-order valence-corrected chi connectivity index (χ3v) is 10.7. The van der Waals surface area contributed by atoms with Gasteiger partial charge in [0.05, 0.1) is 35.6 Å². The van der Waals surface area contributed by atoms with Crippen molar-refractivity contribution in [2.24, 2.45) is 5.92 Å². The summed E-state index contributed by atoms with van der Waals surface area (Å²) in [6.45, 7) is 18.8. The summed E-state index contributed by atoms with van der Waals surface area (Å²) in [7, 11) is -0.550.